The van der Waals surface area contributed by atoms with Gasteiger partial charge in [-0.3, -0.25) is 20.4 Å². The van der Waals surface area contributed by atoms with Crippen molar-refractivity contribution in [1.29, 1.82) is 0 Å². The van der Waals surface area contributed by atoms with Gasteiger partial charge in [0.25, 0.3) is 5.91 Å². The fraction of sp³-hybridized carbons (Fsp3) is 0.100. The van der Waals surface area contributed by atoms with Crippen molar-refractivity contribution in [1.82, 2.24) is 15.8 Å². The molecule has 3 rings (SSSR count). The third kappa shape index (κ3) is 4.47. The van der Waals surface area contributed by atoms with Crippen LogP contribution in [0, 0.1) is 5.82 Å². The lowest BCUT2D eigenvalue weighted by atomic mass is 10.0. The zero-order valence-electron chi connectivity index (χ0n) is 14.9. The third-order valence-electron chi connectivity index (χ3n) is 3.79. The van der Waals surface area contributed by atoms with Crippen LogP contribution in [0.25, 0.3) is 22.2 Å². The second-order valence-corrected chi connectivity index (χ2v) is 5.88. The minimum absolute atomic E-state index is 0.220. The summed E-state index contributed by atoms with van der Waals surface area (Å²) in [5.74, 6) is -2.24. The molecule has 7 nitrogen and oxygen atoms in total. The van der Waals surface area contributed by atoms with Crippen LogP contribution in [0.3, 0.4) is 0 Å². The first kappa shape index (κ1) is 19.0. The summed E-state index contributed by atoms with van der Waals surface area (Å²) in [6.07, 6.45) is 0. The van der Waals surface area contributed by atoms with E-state index in [9.17, 15) is 18.8 Å². The lowest BCUT2D eigenvalue weighted by molar-refractivity contribution is -0.129. The molecule has 0 aliphatic heterocycles. The van der Waals surface area contributed by atoms with Crippen LogP contribution in [0.5, 0.6) is 0 Å². The fourth-order valence-electron chi connectivity index (χ4n) is 2.52. The van der Waals surface area contributed by atoms with Gasteiger partial charge in [-0.05, 0) is 36.4 Å². The van der Waals surface area contributed by atoms with Gasteiger partial charge in [0, 0.05) is 17.9 Å². The number of hydrogen-bond acceptors (Lipinski definition) is 5. The number of carbonyl (C=O) groups is 3. The quantitative estimate of drug-likeness (QED) is 0.534. The van der Waals surface area contributed by atoms with E-state index in [4.69, 9.17) is 4.74 Å². The molecule has 0 bridgehead atoms. The van der Waals surface area contributed by atoms with E-state index in [2.05, 4.69) is 15.8 Å². The van der Waals surface area contributed by atoms with E-state index in [0.717, 1.165) is 0 Å². The zero-order valence-corrected chi connectivity index (χ0v) is 14.9. The van der Waals surface area contributed by atoms with Crippen LogP contribution < -0.4 is 10.9 Å². The average molecular weight is 381 g/mol. The van der Waals surface area contributed by atoms with Crippen molar-refractivity contribution in [2.45, 2.75) is 6.92 Å². The number of pyridine rings is 1. The second kappa shape index (κ2) is 8.26. The minimum atomic E-state index is -0.722. The highest BCUT2D eigenvalue weighted by Gasteiger charge is 2.16. The van der Waals surface area contributed by atoms with Gasteiger partial charge < -0.3 is 4.74 Å². The van der Waals surface area contributed by atoms with Gasteiger partial charge in [0.2, 0.25) is 5.91 Å². The summed E-state index contributed by atoms with van der Waals surface area (Å²) >= 11 is 0. The highest BCUT2D eigenvalue weighted by molar-refractivity contribution is 6.05. The molecule has 2 amide bonds. The summed E-state index contributed by atoms with van der Waals surface area (Å²) < 4.78 is 18.2. The number of rotatable bonds is 4. The van der Waals surface area contributed by atoms with Gasteiger partial charge in [-0.1, -0.05) is 18.2 Å². The molecule has 0 radical (unpaired) electrons. The molecule has 1 aromatic heterocycles. The number of carbonyl (C=O) groups excluding carboxylic acids is 3. The monoisotopic (exact) mass is 381 g/mol. The Hall–Kier alpha value is -3.81. The second-order valence-electron chi connectivity index (χ2n) is 5.88. The van der Waals surface area contributed by atoms with Crippen molar-refractivity contribution in [3.8, 4) is 11.3 Å². The number of amides is 2. The van der Waals surface area contributed by atoms with E-state index in [1.54, 1.807) is 36.4 Å². The molecule has 2 aromatic carbocycles. The standard InChI is InChI=1S/C20H16FN3O4/c1-12(25)23-24-19(26)11-28-20(27)16-10-18(13-6-8-14(21)9-7-13)22-17-5-3-2-4-15(16)17/h2-10H,11H2,1H3,(H,23,25)(H,24,26). The van der Waals surface area contributed by atoms with Crippen LogP contribution in [0.1, 0.15) is 17.3 Å². The summed E-state index contributed by atoms with van der Waals surface area (Å²) in [6.45, 7) is 0.661. The Labute approximate surface area is 159 Å². The number of fused-ring (bicyclic) bond motifs is 1. The Morgan fingerprint density at radius 3 is 2.46 bits per heavy atom. The fourth-order valence-corrected chi connectivity index (χ4v) is 2.52. The van der Waals surface area contributed by atoms with E-state index in [-0.39, 0.29) is 11.4 Å². The Morgan fingerprint density at radius 1 is 1.04 bits per heavy atom. The number of halogens is 1. The molecule has 0 spiro atoms. The Bertz CT molecular complexity index is 1050. The van der Waals surface area contributed by atoms with Gasteiger partial charge in [0.1, 0.15) is 5.82 Å². The van der Waals surface area contributed by atoms with Crippen molar-refractivity contribution in [2.75, 3.05) is 6.61 Å². The van der Waals surface area contributed by atoms with E-state index in [1.165, 1.54) is 25.1 Å². The normalized spacial score (nSPS) is 10.4. The molecule has 0 fully saturated rings. The summed E-state index contributed by atoms with van der Waals surface area (Å²) in [5, 5.41) is 0.556. The number of nitrogens with one attached hydrogen (secondary N) is 2. The van der Waals surface area contributed by atoms with Gasteiger partial charge >= 0.3 is 5.97 Å². The van der Waals surface area contributed by atoms with E-state index < -0.39 is 24.4 Å². The van der Waals surface area contributed by atoms with Crippen LogP contribution in [0.4, 0.5) is 4.39 Å². The molecule has 2 N–H and O–H groups in total. The number of hydrogen-bond donors (Lipinski definition) is 2. The lowest BCUT2D eigenvalue weighted by Gasteiger charge is -2.10. The number of benzene rings is 2. The number of esters is 1. The number of nitrogens with zero attached hydrogens (tertiary/aromatic N) is 1. The molecule has 0 aliphatic rings. The molecule has 0 atom stereocenters. The van der Waals surface area contributed by atoms with Crippen molar-refractivity contribution in [3.63, 3.8) is 0 Å². The van der Waals surface area contributed by atoms with Crippen molar-refractivity contribution in [2.24, 2.45) is 0 Å². The number of hydrazine groups is 1. The topological polar surface area (TPSA) is 97.4 Å². The third-order valence-corrected chi connectivity index (χ3v) is 3.79. The van der Waals surface area contributed by atoms with Gasteiger partial charge in [-0.2, -0.15) is 0 Å². The molecular weight excluding hydrogens is 365 g/mol. The van der Waals surface area contributed by atoms with Gasteiger partial charge in [0.15, 0.2) is 6.61 Å². The molecule has 0 saturated carbocycles. The highest BCUT2D eigenvalue weighted by atomic mass is 19.1. The highest BCUT2D eigenvalue weighted by Crippen LogP contribution is 2.25. The smallest absolute Gasteiger partial charge is 0.339 e. The molecule has 28 heavy (non-hydrogen) atoms. The van der Waals surface area contributed by atoms with E-state index >= 15 is 0 Å². The minimum Gasteiger partial charge on any atom is -0.452 e. The Morgan fingerprint density at radius 2 is 1.75 bits per heavy atom. The van der Waals surface area contributed by atoms with Crippen molar-refractivity contribution >= 4 is 28.7 Å². The molecule has 142 valence electrons. The number of aromatic nitrogens is 1. The maximum Gasteiger partial charge on any atom is 0.339 e. The number of ether oxygens (including phenoxy) is 1. The molecule has 1 heterocycles. The maximum atomic E-state index is 13.2. The van der Waals surface area contributed by atoms with E-state index in [0.29, 0.717) is 22.2 Å². The molecule has 8 heteroatoms. The van der Waals surface area contributed by atoms with Crippen molar-refractivity contribution < 1.29 is 23.5 Å². The Kier molecular flexibility index (Phi) is 5.59. The van der Waals surface area contributed by atoms with Gasteiger partial charge in [-0.25, -0.2) is 14.2 Å². The largest absolute Gasteiger partial charge is 0.452 e. The predicted octanol–water partition coefficient (Wildman–Crippen LogP) is 2.37. The number of para-hydroxylation sites is 1. The first-order valence-corrected chi connectivity index (χ1v) is 8.32. The van der Waals surface area contributed by atoms with E-state index in [1.807, 2.05) is 0 Å². The first-order chi connectivity index (χ1) is 13.4. The summed E-state index contributed by atoms with van der Waals surface area (Å²) in [7, 11) is 0. The molecule has 0 saturated heterocycles. The van der Waals surface area contributed by atoms with Crippen LogP contribution in [0.15, 0.2) is 54.6 Å². The first-order valence-electron chi connectivity index (χ1n) is 8.32. The molecular formula is C20H16FN3O4. The van der Waals surface area contributed by atoms with Crippen LogP contribution in [0.2, 0.25) is 0 Å². The van der Waals surface area contributed by atoms with Crippen molar-refractivity contribution in [3.05, 3.63) is 66.0 Å². The SMILES string of the molecule is CC(=O)NNC(=O)COC(=O)c1cc(-c2ccc(F)cc2)nc2ccccc12. The van der Waals surface area contributed by atoms with Crippen LogP contribution in [-0.4, -0.2) is 29.4 Å². The Balaban J connectivity index is 1.88. The zero-order chi connectivity index (χ0) is 20.1. The van der Waals surface area contributed by atoms with Crippen LogP contribution in [-0.2, 0) is 14.3 Å². The summed E-state index contributed by atoms with van der Waals surface area (Å²) in [4.78, 5) is 39.5. The lowest BCUT2D eigenvalue weighted by Crippen LogP contribution is -2.42. The van der Waals surface area contributed by atoms with Gasteiger partial charge in [0.05, 0.1) is 16.8 Å². The summed E-state index contributed by atoms with van der Waals surface area (Å²) in [6, 6.07) is 14.2. The maximum absolute atomic E-state index is 13.2. The molecule has 0 aliphatic carbocycles. The predicted molar refractivity (Wildman–Crippen MR) is 99.4 cm³/mol. The van der Waals surface area contributed by atoms with Gasteiger partial charge in [-0.15, -0.1) is 0 Å². The van der Waals surface area contributed by atoms with Crippen LogP contribution >= 0.6 is 0 Å². The molecule has 0 unspecified atom stereocenters. The summed E-state index contributed by atoms with van der Waals surface area (Å²) in [5.41, 5.74) is 6.08. The molecule has 3 aromatic rings. The average Bonchev–Trinajstić information content (AvgIpc) is 2.70.